The summed E-state index contributed by atoms with van der Waals surface area (Å²) in [7, 11) is 0. The molecule has 0 unspecified atom stereocenters. The Hall–Kier alpha value is -0.940. The van der Waals surface area contributed by atoms with Crippen LogP contribution in [0.2, 0.25) is 0 Å². The van der Waals surface area contributed by atoms with Crippen LogP contribution < -0.4 is 0 Å². The second-order valence-electron chi connectivity index (χ2n) is 4.28. The summed E-state index contributed by atoms with van der Waals surface area (Å²) in [4.78, 5) is 24.9. The molecule has 0 atom stereocenters. The molecule has 18 heavy (non-hydrogen) atoms. The third-order valence-electron chi connectivity index (χ3n) is 2.93. The van der Waals surface area contributed by atoms with E-state index < -0.39 is 0 Å². The lowest BCUT2D eigenvalue weighted by molar-refractivity contribution is -0.152. The molecule has 5 nitrogen and oxygen atoms in total. The minimum atomic E-state index is -0.330. The van der Waals surface area contributed by atoms with E-state index in [0.29, 0.717) is 39.0 Å². The van der Waals surface area contributed by atoms with E-state index in [9.17, 15) is 9.59 Å². The van der Waals surface area contributed by atoms with E-state index in [0.717, 1.165) is 12.8 Å². The van der Waals surface area contributed by atoms with Gasteiger partial charge in [0.25, 0.3) is 0 Å². The van der Waals surface area contributed by atoms with Crippen LogP contribution in [0.4, 0.5) is 0 Å². The highest BCUT2D eigenvalue weighted by atomic mass is 16.7. The molecule has 104 valence electrons. The first kappa shape index (κ1) is 15.1. The van der Waals surface area contributed by atoms with Gasteiger partial charge in [0.2, 0.25) is 11.8 Å². The van der Waals surface area contributed by atoms with E-state index in [1.165, 1.54) is 4.90 Å². The lowest BCUT2D eigenvalue weighted by Gasteiger charge is -2.22. The first-order chi connectivity index (χ1) is 8.69. The number of amides is 2. The monoisotopic (exact) mass is 257 g/mol. The molecule has 0 aromatic rings. The summed E-state index contributed by atoms with van der Waals surface area (Å²) in [5, 5.41) is 0. The average molecular weight is 257 g/mol. The Labute approximate surface area is 108 Å². The number of ether oxygens (including phenoxy) is 2. The normalized spacial score (nSPS) is 17.4. The molecule has 0 N–H and O–H groups in total. The number of hydrogen-bond acceptors (Lipinski definition) is 4. The van der Waals surface area contributed by atoms with Gasteiger partial charge >= 0.3 is 0 Å². The zero-order chi connectivity index (χ0) is 13.4. The molecule has 2 amide bonds. The summed E-state index contributed by atoms with van der Waals surface area (Å²) in [5.41, 5.74) is 0. The fourth-order valence-electron chi connectivity index (χ4n) is 2.03. The number of carbonyl (C=O) groups excluding carboxylic acids is 2. The Balaban J connectivity index is 2.47. The Kier molecular flexibility index (Phi) is 6.90. The Morgan fingerprint density at radius 1 is 1.06 bits per heavy atom. The number of nitrogens with zero attached hydrogens (tertiary/aromatic N) is 1. The molecule has 5 heteroatoms. The summed E-state index contributed by atoms with van der Waals surface area (Å²) in [6.45, 7) is 5.31. The molecule has 1 rings (SSSR count). The molecule has 1 aliphatic rings. The maximum atomic E-state index is 11.8. The predicted octanol–water partition coefficient (Wildman–Crippen LogP) is 1.70. The van der Waals surface area contributed by atoms with Crippen LogP contribution in [-0.4, -0.2) is 42.8 Å². The highest BCUT2D eigenvalue weighted by Crippen LogP contribution is 2.14. The van der Waals surface area contributed by atoms with E-state index in [1.54, 1.807) is 0 Å². The molecule has 0 bridgehead atoms. The smallest absolute Gasteiger partial charge is 0.229 e. The molecular weight excluding hydrogens is 234 g/mol. The van der Waals surface area contributed by atoms with Gasteiger partial charge < -0.3 is 9.47 Å². The average Bonchev–Trinajstić information content (AvgIpc) is 2.49. The van der Waals surface area contributed by atoms with Gasteiger partial charge in [-0.1, -0.05) is 0 Å². The van der Waals surface area contributed by atoms with E-state index in [2.05, 4.69) is 0 Å². The number of imide groups is 1. The molecule has 0 aromatic heterocycles. The molecule has 0 saturated carbocycles. The summed E-state index contributed by atoms with van der Waals surface area (Å²) in [6.07, 6.45) is 2.77. The number of rotatable bonds is 7. The molecular formula is C13H23NO4. The summed E-state index contributed by atoms with van der Waals surface area (Å²) < 4.78 is 10.8. The van der Waals surface area contributed by atoms with Crippen LogP contribution in [0.1, 0.15) is 46.0 Å². The summed E-state index contributed by atoms with van der Waals surface area (Å²) in [5.74, 6) is -0.131. The molecule has 0 radical (unpaired) electrons. The minimum Gasteiger partial charge on any atom is -0.353 e. The van der Waals surface area contributed by atoms with Crippen molar-refractivity contribution in [3.05, 3.63) is 0 Å². The van der Waals surface area contributed by atoms with Gasteiger partial charge in [-0.2, -0.15) is 0 Å². The molecule has 1 saturated heterocycles. The van der Waals surface area contributed by atoms with E-state index in [4.69, 9.17) is 9.47 Å². The first-order valence-corrected chi connectivity index (χ1v) is 6.75. The van der Waals surface area contributed by atoms with Gasteiger partial charge in [0.1, 0.15) is 0 Å². The number of carbonyl (C=O) groups is 2. The van der Waals surface area contributed by atoms with Crippen molar-refractivity contribution in [2.24, 2.45) is 0 Å². The fraction of sp³-hybridized carbons (Fsp3) is 0.846. The predicted molar refractivity (Wildman–Crippen MR) is 66.8 cm³/mol. The van der Waals surface area contributed by atoms with Gasteiger partial charge in [-0.25, -0.2) is 0 Å². The van der Waals surface area contributed by atoms with Crippen LogP contribution >= 0.6 is 0 Å². The number of likely N-dealkylation sites (tertiary alicyclic amines) is 1. The van der Waals surface area contributed by atoms with Crippen LogP contribution in [0.3, 0.4) is 0 Å². The third kappa shape index (κ3) is 4.74. The largest absolute Gasteiger partial charge is 0.353 e. The van der Waals surface area contributed by atoms with Crippen LogP contribution in [-0.2, 0) is 19.1 Å². The van der Waals surface area contributed by atoms with Gasteiger partial charge in [0.05, 0.1) is 0 Å². The van der Waals surface area contributed by atoms with Crippen molar-refractivity contribution in [3.8, 4) is 0 Å². The number of hydrogen-bond donors (Lipinski definition) is 0. The van der Waals surface area contributed by atoms with Gasteiger partial charge in [-0.05, 0) is 26.7 Å². The lowest BCUT2D eigenvalue weighted by Crippen LogP contribution is -2.38. The zero-order valence-corrected chi connectivity index (χ0v) is 11.3. The Bertz CT molecular complexity index is 256. The van der Waals surface area contributed by atoms with Crippen molar-refractivity contribution in [2.45, 2.75) is 52.2 Å². The molecule has 0 aromatic carbocycles. The fourth-order valence-corrected chi connectivity index (χ4v) is 2.03. The van der Waals surface area contributed by atoms with Crippen molar-refractivity contribution in [2.75, 3.05) is 19.8 Å². The van der Waals surface area contributed by atoms with Crippen molar-refractivity contribution in [1.82, 2.24) is 4.90 Å². The maximum absolute atomic E-state index is 11.8. The van der Waals surface area contributed by atoms with Crippen molar-refractivity contribution in [1.29, 1.82) is 0 Å². The van der Waals surface area contributed by atoms with Gasteiger partial charge in [-0.3, -0.25) is 14.5 Å². The van der Waals surface area contributed by atoms with Crippen LogP contribution in [0.15, 0.2) is 0 Å². The molecule has 1 heterocycles. The van der Waals surface area contributed by atoms with E-state index >= 15 is 0 Å². The van der Waals surface area contributed by atoms with E-state index in [1.807, 2.05) is 13.8 Å². The first-order valence-electron chi connectivity index (χ1n) is 6.75. The van der Waals surface area contributed by atoms with Gasteiger partial charge in [-0.15, -0.1) is 0 Å². The molecule has 0 aliphatic carbocycles. The molecule has 1 fully saturated rings. The third-order valence-corrected chi connectivity index (χ3v) is 2.93. The second-order valence-corrected chi connectivity index (χ2v) is 4.28. The van der Waals surface area contributed by atoms with Gasteiger partial charge in [0.15, 0.2) is 6.29 Å². The zero-order valence-electron chi connectivity index (χ0n) is 11.3. The van der Waals surface area contributed by atoms with Crippen LogP contribution in [0, 0.1) is 0 Å². The van der Waals surface area contributed by atoms with Crippen LogP contribution in [0.5, 0.6) is 0 Å². The SMILES string of the molecule is CCOC(CCN1C(=O)CCCCC1=O)OCC. The van der Waals surface area contributed by atoms with E-state index in [-0.39, 0.29) is 18.1 Å². The Morgan fingerprint density at radius 3 is 2.00 bits per heavy atom. The summed E-state index contributed by atoms with van der Waals surface area (Å²) in [6, 6.07) is 0. The minimum absolute atomic E-state index is 0.0655. The highest BCUT2D eigenvalue weighted by Gasteiger charge is 2.24. The van der Waals surface area contributed by atoms with Gasteiger partial charge in [0, 0.05) is 39.0 Å². The standard InChI is InChI=1S/C13H23NO4/c1-3-17-13(18-4-2)9-10-14-11(15)7-5-6-8-12(14)16/h13H,3-10H2,1-2H3. The molecule has 1 aliphatic heterocycles. The maximum Gasteiger partial charge on any atom is 0.229 e. The second kappa shape index (κ2) is 8.21. The topological polar surface area (TPSA) is 55.8 Å². The van der Waals surface area contributed by atoms with Crippen molar-refractivity contribution in [3.63, 3.8) is 0 Å². The van der Waals surface area contributed by atoms with Crippen molar-refractivity contribution < 1.29 is 19.1 Å². The quantitative estimate of drug-likeness (QED) is 0.514. The van der Waals surface area contributed by atoms with Crippen LogP contribution in [0.25, 0.3) is 0 Å². The Morgan fingerprint density at radius 2 is 1.56 bits per heavy atom. The highest BCUT2D eigenvalue weighted by molar-refractivity contribution is 5.95. The lowest BCUT2D eigenvalue weighted by atomic mass is 10.2. The molecule has 0 spiro atoms. The summed E-state index contributed by atoms with van der Waals surface area (Å²) >= 11 is 0. The van der Waals surface area contributed by atoms with Crippen molar-refractivity contribution >= 4 is 11.8 Å².